The first-order valence-corrected chi connectivity index (χ1v) is 7.23. The highest BCUT2D eigenvalue weighted by molar-refractivity contribution is 5.73. The predicted molar refractivity (Wildman–Crippen MR) is 79.8 cm³/mol. The van der Waals surface area contributed by atoms with E-state index < -0.39 is 12.0 Å². The molecule has 0 aliphatic carbocycles. The van der Waals surface area contributed by atoms with Gasteiger partial charge in [0.15, 0.2) is 11.5 Å². The summed E-state index contributed by atoms with van der Waals surface area (Å²) in [7, 11) is 3.20. The third-order valence-electron chi connectivity index (χ3n) is 4.09. The lowest BCUT2D eigenvalue weighted by molar-refractivity contribution is -0.145. The van der Waals surface area contributed by atoms with Gasteiger partial charge in [-0.2, -0.15) is 0 Å². The average Bonchev–Trinajstić information content (AvgIpc) is 2.48. The van der Waals surface area contributed by atoms with E-state index in [1.807, 2.05) is 23.1 Å². The number of piperidine rings is 1. The summed E-state index contributed by atoms with van der Waals surface area (Å²) in [5, 5.41) is 9.40. The minimum absolute atomic E-state index is 0.401. The van der Waals surface area contributed by atoms with Crippen LogP contribution in [0.25, 0.3) is 0 Å². The largest absolute Gasteiger partial charge is 0.493 e. The van der Waals surface area contributed by atoms with Gasteiger partial charge >= 0.3 is 5.97 Å². The first-order valence-electron chi connectivity index (χ1n) is 7.23. The Labute approximate surface area is 125 Å². The highest BCUT2D eigenvalue weighted by Crippen LogP contribution is 2.30. The van der Waals surface area contributed by atoms with Gasteiger partial charge in [0.2, 0.25) is 0 Å². The minimum atomic E-state index is -0.734. The molecule has 0 saturated carbocycles. The molecule has 1 aromatic rings. The number of methoxy groups -OCH3 is 2. The molecule has 1 N–H and O–H groups in total. The molecule has 1 aliphatic heterocycles. The maximum atomic E-state index is 11.4. The summed E-state index contributed by atoms with van der Waals surface area (Å²) in [6, 6.07) is 5.33. The zero-order valence-electron chi connectivity index (χ0n) is 12.8. The van der Waals surface area contributed by atoms with Gasteiger partial charge < -0.3 is 14.6 Å². The van der Waals surface area contributed by atoms with E-state index in [1.165, 1.54) is 0 Å². The van der Waals surface area contributed by atoms with E-state index in [-0.39, 0.29) is 0 Å². The van der Waals surface area contributed by atoms with Crippen LogP contribution in [0, 0.1) is 5.92 Å². The Balaban J connectivity index is 2.14. The second-order valence-corrected chi connectivity index (χ2v) is 5.64. The van der Waals surface area contributed by atoms with Crippen molar-refractivity contribution < 1.29 is 19.4 Å². The van der Waals surface area contributed by atoms with Crippen LogP contribution in [0.1, 0.15) is 25.3 Å². The van der Waals surface area contributed by atoms with E-state index in [9.17, 15) is 9.90 Å². The molecular formula is C16H23NO4. The number of likely N-dealkylation sites (tertiary alicyclic amines) is 1. The zero-order chi connectivity index (χ0) is 15.4. The van der Waals surface area contributed by atoms with Crippen LogP contribution in [-0.2, 0) is 11.3 Å². The molecule has 5 nitrogen and oxygen atoms in total. The normalized spacial score (nSPS) is 22.8. The van der Waals surface area contributed by atoms with Gasteiger partial charge in [0.1, 0.15) is 6.04 Å². The lowest BCUT2D eigenvalue weighted by atomic mass is 9.92. The first-order chi connectivity index (χ1) is 10.0. The van der Waals surface area contributed by atoms with Gasteiger partial charge in [-0.3, -0.25) is 9.69 Å². The van der Waals surface area contributed by atoms with E-state index in [4.69, 9.17) is 9.47 Å². The molecule has 1 heterocycles. The topological polar surface area (TPSA) is 59.0 Å². The maximum Gasteiger partial charge on any atom is 0.320 e. The van der Waals surface area contributed by atoms with Crippen molar-refractivity contribution in [2.45, 2.75) is 32.4 Å². The number of ether oxygens (including phenoxy) is 2. The van der Waals surface area contributed by atoms with Crippen molar-refractivity contribution in [3.05, 3.63) is 23.8 Å². The fraction of sp³-hybridized carbons (Fsp3) is 0.562. The maximum absolute atomic E-state index is 11.4. The molecule has 2 unspecified atom stereocenters. The molecule has 2 atom stereocenters. The molecule has 1 fully saturated rings. The van der Waals surface area contributed by atoms with E-state index in [1.54, 1.807) is 14.2 Å². The summed E-state index contributed by atoms with van der Waals surface area (Å²) in [6.45, 7) is 3.54. The Hall–Kier alpha value is -1.75. The Morgan fingerprint density at radius 2 is 2.05 bits per heavy atom. The van der Waals surface area contributed by atoms with Gasteiger partial charge in [-0.1, -0.05) is 13.0 Å². The van der Waals surface area contributed by atoms with E-state index in [0.29, 0.717) is 30.4 Å². The summed E-state index contributed by atoms with van der Waals surface area (Å²) in [6.07, 6.45) is 1.75. The zero-order valence-corrected chi connectivity index (χ0v) is 12.8. The predicted octanol–water partition coefficient (Wildman–Crippen LogP) is 2.39. The fourth-order valence-electron chi connectivity index (χ4n) is 2.85. The van der Waals surface area contributed by atoms with Crippen molar-refractivity contribution in [2.75, 3.05) is 20.8 Å². The van der Waals surface area contributed by atoms with Crippen LogP contribution in [0.2, 0.25) is 0 Å². The number of carboxylic acid groups (broad SMARTS) is 1. The number of hydrogen-bond donors (Lipinski definition) is 1. The van der Waals surface area contributed by atoms with E-state index >= 15 is 0 Å². The molecule has 0 radical (unpaired) electrons. The van der Waals surface area contributed by atoms with Gasteiger partial charge in [-0.15, -0.1) is 0 Å². The van der Waals surface area contributed by atoms with Crippen LogP contribution in [0.3, 0.4) is 0 Å². The number of carbonyl (C=O) groups is 1. The molecule has 1 aromatic carbocycles. The molecule has 1 aliphatic rings. The lowest BCUT2D eigenvalue weighted by Gasteiger charge is -2.36. The summed E-state index contributed by atoms with van der Waals surface area (Å²) in [5.41, 5.74) is 1.04. The number of carboxylic acids is 1. The molecule has 5 heteroatoms. The van der Waals surface area contributed by atoms with Gasteiger partial charge in [0.25, 0.3) is 0 Å². The quantitative estimate of drug-likeness (QED) is 0.903. The van der Waals surface area contributed by atoms with Gasteiger partial charge in [-0.05, 0) is 43.0 Å². The van der Waals surface area contributed by atoms with Gasteiger partial charge in [0, 0.05) is 6.54 Å². The molecule has 0 bridgehead atoms. The van der Waals surface area contributed by atoms with Gasteiger partial charge in [0.05, 0.1) is 14.2 Å². The highest BCUT2D eigenvalue weighted by Gasteiger charge is 2.31. The van der Waals surface area contributed by atoms with Crippen LogP contribution >= 0.6 is 0 Å². The number of benzene rings is 1. The number of nitrogens with zero attached hydrogens (tertiary/aromatic N) is 1. The van der Waals surface area contributed by atoms with E-state index in [2.05, 4.69) is 6.92 Å². The van der Waals surface area contributed by atoms with Crippen molar-refractivity contribution in [1.82, 2.24) is 4.90 Å². The second-order valence-electron chi connectivity index (χ2n) is 5.64. The summed E-state index contributed by atoms with van der Waals surface area (Å²) in [4.78, 5) is 13.5. The third-order valence-corrected chi connectivity index (χ3v) is 4.09. The Morgan fingerprint density at radius 3 is 2.67 bits per heavy atom. The second kappa shape index (κ2) is 6.80. The average molecular weight is 293 g/mol. The van der Waals surface area contributed by atoms with Crippen LogP contribution in [0.15, 0.2) is 18.2 Å². The molecule has 0 spiro atoms. The molecule has 21 heavy (non-hydrogen) atoms. The minimum Gasteiger partial charge on any atom is -0.493 e. The highest BCUT2D eigenvalue weighted by atomic mass is 16.5. The number of rotatable bonds is 5. The van der Waals surface area contributed by atoms with Gasteiger partial charge in [-0.25, -0.2) is 0 Å². The van der Waals surface area contributed by atoms with Crippen LogP contribution in [-0.4, -0.2) is 42.8 Å². The number of hydrogen-bond acceptors (Lipinski definition) is 4. The first kappa shape index (κ1) is 15.6. The molecule has 116 valence electrons. The monoisotopic (exact) mass is 293 g/mol. The standard InChI is InChI=1S/C16H23NO4/c1-11-6-7-17(13(8-11)16(18)19)10-12-4-5-14(20-2)15(9-12)21-3/h4-5,9,11,13H,6-8,10H2,1-3H3,(H,18,19). The van der Waals surface area contributed by atoms with Crippen molar-refractivity contribution in [3.63, 3.8) is 0 Å². The van der Waals surface area contributed by atoms with Crippen molar-refractivity contribution in [3.8, 4) is 11.5 Å². The van der Waals surface area contributed by atoms with Crippen LogP contribution in [0.5, 0.6) is 11.5 Å². The van der Waals surface area contributed by atoms with Crippen molar-refractivity contribution >= 4 is 5.97 Å². The van der Waals surface area contributed by atoms with Crippen molar-refractivity contribution in [1.29, 1.82) is 0 Å². The Kier molecular flexibility index (Phi) is 5.07. The summed E-state index contributed by atoms with van der Waals surface area (Å²) in [5.74, 6) is 1.09. The molecule has 0 aromatic heterocycles. The Bertz CT molecular complexity index is 503. The molecular weight excluding hydrogens is 270 g/mol. The SMILES string of the molecule is COc1ccc(CN2CCC(C)CC2C(=O)O)cc1OC. The van der Waals surface area contributed by atoms with Crippen LogP contribution in [0.4, 0.5) is 0 Å². The fourth-order valence-corrected chi connectivity index (χ4v) is 2.85. The Morgan fingerprint density at radius 1 is 1.33 bits per heavy atom. The number of aliphatic carboxylic acids is 1. The molecule has 1 saturated heterocycles. The smallest absolute Gasteiger partial charge is 0.320 e. The van der Waals surface area contributed by atoms with Crippen LogP contribution < -0.4 is 9.47 Å². The summed E-state index contributed by atoms with van der Waals surface area (Å²) >= 11 is 0. The van der Waals surface area contributed by atoms with E-state index in [0.717, 1.165) is 18.5 Å². The van der Waals surface area contributed by atoms with Crippen molar-refractivity contribution in [2.24, 2.45) is 5.92 Å². The lowest BCUT2D eigenvalue weighted by Crippen LogP contribution is -2.46. The molecule has 0 amide bonds. The third kappa shape index (κ3) is 3.67. The molecule has 2 rings (SSSR count). The summed E-state index contributed by atoms with van der Waals surface area (Å²) < 4.78 is 10.5.